The van der Waals surface area contributed by atoms with Gasteiger partial charge in [-0.15, -0.1) is 11.8 Å². The molecular formula is C17H29N3O4S. The van der Waals surface area contributed by atoms with E-state index in [9.17, 15) is 15.2 Å². The van der Waals surface area contributed by atoms with Crippen LogP contribution in [0.2, 0.25) is 0 Å². The molecule has 142 valence electrons. The summed E-state index contributed by atoms with van der Waals surface area (Å²) in [5.41, 5.74) is 2.44. The van der Waals surface area contributed by atoms with Crippen LogP contribution in [-0.4, -0.2) is 71.9 Å². The first kappa shape index (κ1) is 20.4. The lowest BCUT2D eigenvalue weighted by molar-refractivity contribution is -0.499. The molecule has 2 rings (SSSR count). The number of hydrogen-bond donors (Lipinski definition) is 1. The molecule has 0 radical (unpaired) electrons. The number of rotatable bonds is 9. The minimum absolute atomic E-state index is 0.108. The van der Waals surface area contributed by atoms with Crippen molar-refractivity contribution in [2.24, 2.45) is 11.8 Å². The molecule has 1 N–H and O–H groups in total. The molecule has 2 aliphatic rings. The zero-order valence-corrected chi connectivity index (χ0v) is 16.4. The van der Waals surface area contributed by atoms with Crippen LogP contribution in [0.4, 0.5) is 0 Å². The first-order chi connectivity index (χ1) is 11.8. The summed E-state index contributed by atoms with van der Waals surface area (Å²) < 4.78 is 4.92. The molecule has 0 spiro atoms. The van der Waals surface area contributed by atoms with Crippen molar-refractivity contribution >= 4 is 11.8 Å². The lowest BCUT2D eigenvalue weighted by atomic mass is 9.87. The number of likely N-dealkylation sites (N-methyl/N-ethyl adjacent to an activating group) is 2. The second kappa shape index (κ2) is 8.64. The van der Waals surface area contributed by atoms with Gasteiger partial charge in [0, 0.05) is 50.3 Å². The van der Waals surface area contributed by atoms with Crippen molar-refractivity contribution in [2.45, 2.75) is 38.6 Å². The minimum atomic E-state index is -0.836. The van der Waals surface area contributed by atoms with Crippen LogP contribution in [0.15, 0.2) is 22.6 Å². The normalized spacial score (nSPS) is 26.9. The number of aliphatic hydroxyl groups excluding tert-OH is 1. The van der Waals surface area contributed by atoms with E-state index in [-0.39, 0.29) is 22.8 Å². The van der Waals surface area contributed by atoms with Crippen molar-refractivity contribution in [3.63, 3.8) is 0 Å². The van der Waals surface area contributed by atoms with Crippen LogP contribution in [0.5, 0.6) is 0 Å². The van der Waals surface area contributed by atoms with Gasteiger partial charge in [-0.25, -0.2) is 10.0 Å². The summed E-state index contributed by atoms with van der Waals surface area (Å²) in [6.07, 6.45) is 2.06. The van der Waals surface area contributed by atoms with Gasteiger partial charge in [0.15, 0.2) is 6.29 Å². The van der Waals surface area contributed by atoms with Gasteiger partial charge in [0.2, 0.25) is 6.04 Å². The molecular weight excluding hydrogens is 342 g/mol. The minimum Gasteiger partial charge on any atom is -0.367 e. The Bertz CT molecular complexity index is 554. The maximum atomic E-state index is 11.0. The van der Waals surface area contributed by atoms with E-state index in [1.54, 1.807) is 11.8 Å². The molecule has 1 heterocycles. The number of nitrogens with zero attached hydrogens (tertiary/aromatic N) is 3. The molecule has 1 aliphatic carbocycles. The second-order valence-corrected chi connectivity index (χ2v) is 7.79. The molecule has 1 saturated carbocycles. The number of aliphatic hydroxyl groups is 1. The van der Waals surface area contributed by atoms with E-state index in [4.69, 9.17) is 4.74 Å². The molecule has 0 bridgehead atoms. The summed E-state index contributed by atoms with van der Waals surface area (Å²) in [7, 11) is 5.37. The fraction of sp³-hybridized carbons (Fsp3) is 0.765. The van der Waals surface area contributed by atoms with Crippen LogP contribution in [0.25, 0.3) is 0 Å². The van der Waals surface area contributed by atoms with Crippen molar-refractivity contribution in [1.29, 1.82) is 0 Å². The maximum absolute atomic E-state index is 11.0. The first-order valence-corrected chi connectivity index (χ1v) is 9.63. The molecule has 0 amide bonds. The largest absolute Gasteiger partial charge is 0.367 e. The van der Waals surface area contributed by atoms with E-state index >= 15 is 0 Å². The summed E-state index contributed by atoms with van der Waals surface area (Å²) in [5, 5.41) is 26.9. The average Bonchev–Trinajstić information content (AvgIpc) is 3.40. The van der Waals surface area contributed by atoms with E-state index in [1.807, 2.05) is 19.1 Å². The quantitative estimate of drug-likeness (QED) is 0.377. The van der Waals surface area contributed by atoms with E-state index in [1.165, 1.54) is 18.3 Å². The maximum Gasteiger partial charge on any atom is 0.217 e. The summed E-state index contributed by atoms with van der Waals surface area (Å²) in [6, 6.07) is -0.284. The molecule has 7 nitrogen and oxygen atoms in total. The fourth-order valence-electron chi connectivity index (χ4n) is 3.38. The van der Waals surface area contributed by atoms with Crippen LogP contribution < -0.4 is 0 Å². The van der Waals surface area contributed by atoms with E-state index in [0.29, 0.717) is 13.0 Å². The molecule has 1 fully saturated rings. The summed E-state index contributed by atoms with van der Waals surface area (Å²) in [5.74, 6) is 1.23. The van der Waals surface area contributed by atoms with Crippen molar-refractivity contribution in [2.75, 3.05) is 33.5 Å². The van der Waals surface area contributed by atoms with Gasteiger partial charge in [-0.1, -0.05) is 13.0 Å². The second-order valence-electron chi connectivity index (χ2n) is 6.89. The third kappa shape index (κ3) is 4.83. The van der Waals surface area contributed by atoms with Crippen LogP contribution in [0.3, 0.4) is 0 Å². The molecule has 1 aliphatic heterocycles. The van der Waals surface area contributed by atoms with Gasteiger partial charge in [-0.3, -0.25) is 10.1 Å². The summed E-state index contributed by atoms with van der Waals surface area (Å²) in [6.45, 7) is 4.60. The van der Waals surface area contributed by atoms with Crippen LogP contribution >= 0.6 is 11.8 Å². The zero-order chi connectivity index (χ0) is 18.7. The van der Waals surface area contributed by atoms with Gasteiger partial charge in [0.05, 0.1) is 6.54 Å². The molecule has 0 saturated heterocycles. The molecule has 0 unspecified atom stereocenters. The number of thioether (sulfide) groups is 1. The molecule has 0 aromatic heterocycles. The van der Waals surface area contributed by atoms with Gasteiger partial charge < -0.3 is 9.84 Å². The highest BCUT2D eigenvalue weighted by molar-refractivity contribution is 8.02. The Morgan fingerprint density at radius 1 is 1.44 bits per heavy atom. The lowest BCUT2D eigenvalue weighted by Crippen LogP contribution is -2.47. The predicted molar refractivity (Wildman–Crippen MR) is 99.5 cm³/mol. The number of ether oxygens (including phenoxy) is 1. The molecule has 0 aromatic carbocycles. The lowest BCUT2D eigenvalue weighted by Gasteiger charge is -2.37. The van der Waals surface area contributed by atoms with Crippen LogP contribution in [-0.2, 0) is 4.74 Å². The molecule has 25 heavy (non-hydrogen) atoms. The van der Waals surface area contributed by atoms with Crippen molar-refractivity contribution < 1.29 is 14.8 Å². The predicted octanol–water partition coefficient (Wildman–Crippen LogP) is 1.98. The Hall–Kier alpha value is -0.930. The Kier molecular flexibility index (Phi) is 7.04. The first-order valence-electron chi connectivity index (χ1n) is 8.58. The zero-order valence-electron chi connectivity index (χ0n) is 15.6. The number of methoxy groups -OCH3 is 1. The molecule has 8 heteroatoms. The number of hydrogen-bond acceptors (Lipinski definition) is 7. The SMILES string of the molecule is CO[C@H](O)CN(C)N(C)[C@H](C)C1=CCSC=C1[C@@H](C)[C@@H]1C[C@@H]1[N+](=O)[O-]. The molecule has 5 atom stereocenters. The van der Waals surface area contributed by atoms with Crippen molar-refractivity contribution in [1.82, 2.24) is 10.0 Å². The van der Waals surface area contributed by atoms with Gasteiger partial charge >= 0.3 is 0 Å². The topological polar surface area (TPSA) is 79.1 Å². The fourth-order valence-corrected chi connectivity index (χ4v) is 4.28. The van der Waals surface area contributed by atoms with Crippen LogP contribution in [0, 0.1) is 22.0 Å². The highest BCUT2D eigenvalue weighted by atomic mass is 32.2. The Morgan fingerprint density at radius 2 is 2.12 bits per heavy atom. The smallest absolute Gasteiger partial charge is 0.217 e. The third-order valence-corrected chi connectivity index (χ3v) is 6.17. The Morgan fingerprint density at radius 3 is 2.68 bits per heavy atom. The Labute approximate surface area is 153 Å². The van der Waals surface area contributed by atoms with Crippen molar-refractivity contribution in [3.05, 3.63) is 32.7 Å². The standard InChI is InChI=1S/C17H29N3O4S/c1-11(14-8-16(14)20(22)23)15-10-25-7-6-13(15)12(2)19(4)18(3)9-17(21)24-5/h6,10-12,14,16-17,21H,7-9H2,1-5H3/t11-,12+,14-,16-,17-/m0/s1. The number of nitro groups is 1. The van der Waals surface area contributed by atoms with Crippen molar-refractivity contribution in [3.8, 4) is 0 Å². The average molecular weight is 372 g/mol. The van der Waals surface area contributed by atoms with Gasteiger partial charge in [0.1, 0.15) is 0 Å². The molecule has 0 aromatic rings. The van der Waals surface area contributed by atoms with E-state index < -0.39 is 12.3 Å². The van der Waals surface area contributed by atoms with E-state index in [0.717, 1.165) is 5.75 Å². The summed E-state index contributed by atoms with van der Waals surface area (Å²) >= 11 is 1.74. The van der Waals surface area contributed by atoms with Gasteiger partial charge in [-0.2, -0.15) is 0 Å². The summed E-state index contributed by atoms with van der Waals surface area (Å²) in [4.78, 5) is 10.9. The Balaban J connectivity index is 2.06. The highest BCUT2D eigenvalue weighted by Crippen LogP contribution is 2.46. The highest BCUT2D eigenvalue weighted by Gasteiger charge is 2.52. The monoisotopic (exact) mass is 371 g/mol. The number of hydrazine groups is 1. The third-order valence-electron chi connectivity index (χ3n) is 5.39. The van der Waals surface area contributed by atoms with Gasteiger partial charge in [0.25, 0.3) is 0 Å². The van der Waals surface area contributed by atoms with E-state index in [2.05, 4.69) is 30.3 Å². The van der Waals surface area contributed by atoms with Gasteiger partial charge in [-0.05, 0) is 29.4 Å². The van der Waals surface area contributed by atoms with Crippen LogP contribution in [0.1, 0.15) is 20.3 Å².